The van der Waals surface area contributed by atoms with Crippen LogP contribution in [0.25, 0.3) is 0 Å². The van der Waals surface area contributed by atoms with Crippen molar-refractivity contribution in [1.29, 1.82) is 0 Å². The molecule has 0 spiro atoms. The average molecular weight is 280 g/mol. The highest BCUT2D eigenvalue weighted by molar-refractivity contribution is 5.72. The van der Waals surface area contributed by atoms with Crippen molar-refractivity contribution < 1.29 is 30.3 Å². The number of hydrogen-bond donors (Lipinski definition) is 7. The first-order valence-corrected chi connectivity index (χ1v) is 6.18. The van der Waals surface area contributed by atoms with E-state index < -0.39 is 31.0 Å². The van der Waals surface area contributed by atoms with Gasteiger partial charge in [-0.15, -0.1) is 0 Å². The topological polar surface area (TPSA) is 142 Å². The van der Waals surface area contributed by atoms with Crippen molar-refractivity contribution in [3.05, 3.63) is 0 Å². The smallest absolute Gasteiger partial charge is 0.216 e. The van der Waals surface area contributed by atoms with E-state index in [-0.39, 0.29) is 12.5 Å². The van der Waals surface area contributed by atoms with Crippen LogP contribution in [-0.2, 0) is 4.79 Å². The van der Waals surface area contributed by atoms with Crippen LogP contribution < -0.4 is 10.6 Å². The van der Waals surface area contributed by atoms with Gasteiger partial charge in [0.2, 0.25) is 5.91 Å². The van der Waals surface area contributed by atoms with Gasteiger partial charge in [-0.25, -0.2) is 0 Å². The molecular weight excluding hydrogens is 256 g/mol. The summed E-state index contributed by atoms with van der Waals surface area (Å²) in [4.78, 5) is 10.6. The zero-order valence-corrected chi connectivity index (χ0v) is 11.0. The Morgan fingerprint density at radius 3 is 2.16 bits per heavy atom. The summed E-state index contributed by atoms with van der Waals surface area (Å²) in [6.45, 7) is 1.77. The van der Waals surface area contributed by atoms with Crippen LogP contribution in [0, 0.1) is 0 Å². The molecule has 0 aromatic rings. The molecule has 0 aromatic heterocycles. The molecule has 0 heterocycles. The highest BCUT2D eigenvalue weighted by Gasteiger charge is 2.29. The lowest BCUT2D eigenvalue weighted by Crippen LogP contribution is -2.49. The van der Waals surface area contributed by atoms with Gasteiger partial charge in [-0.05, 0) is 13.0 Å². The van der Waals surface area contributed by atoms with Crippen molar-refractivity contribution in [2.45, 2.75) is 37.8 Å². The summed E-state index contributed by atoms with van der Waals surface area (Å²) in [5.74, 6) is -0.114. The second-order valence-electron chi connectivity index (χ2n) is 4.34. The van der Waals surface area contributed by atoms with Crippen molar-refractivity contribution in [3.8, 4) is 0 Å². The number of carbonyl (C=O) groups is 1. The summed E-state index contributed by atoms with van der Waals surface area (Å²) in [7, 11) is 0. The quantitative estimate of drug-likeness (QED) is 0.206. The molecule has 0 radical (unpaired) electrons. The Bertz CT molecular complexity index is 253. The number of carbonyl (C=O) groups excluding carboxylic acids is 1. The lowest BCUT2D eigenvalue weighted by Gasteiger charge is -2.25. The van der Waals surface area contributed by atoms with Gasteiger partial charge in [0.15, 0.2) is 0 Å². The molecule has 0 bridgehead atoms. The maximum Gasteiger partial charge on any atom is 0.216 e. The van der Waals surface area contributed by atoms with Crippen LogP contribution in [0.1, 0.15) is 13.3 Å². The zero-order chi connectivity index (χ0) is 14.8. The van der Waals surface area contributed by atoms with Crippen LogP contribution in [0.15, 0.2) is 0 Å². The van der Waals surface area contributed by atoms with Gasteiger partial charge in [0.25, 0.3) is 0 Å². The molecule has 4 atom stereocenters. The van der Waals surface area contributed by atoms with Crippen molar-refractivity contribution in [2.24, 2.45) is 0 Å². The normalized spacial score (nSPS) is 17.6. The van der Waals surface area contributed by atoms with Gasteiger partial charge < -0.3 is 36.2 Å². The van der Waals surface area contributed by atoms with Gasteiger partial charge >= 0.3 is 0 Å². The second-order valence-corrected chi connectivity index (χ2v) is 4.34. The van der Waals surface area contributed by atoms with Crippen LogP contribution >= 0.6 is 0 Å². The molecule has 0 aliphatic carbocycles. The van der Waals surface area contributed by atoms with Gasteiger partial charge in [0.05, 0.1) is 12.7 Å². The average Bonchev–Trinajstić information content (AvgIpc) is 2.39. The summed E-state index contributed by atoms with van der Waals surface area (Å²) in [6.07, 6.45) is -5.27. The zero-order valence-electron chi connectivity index (χ0n) is 11.0. The molecule has 19 heavy (non-hydrogen) atoms. The third-order valence-corrected chi connectivity index (χ3v) is 2.58. The number of aliphatic hydroxyl groups is 5. The van der Waals surface area contributed by atoms with E-state index in [1.54, 1.807) is 0 Å². The van der Waals surface area contributed by atoms with E-state index in [1.165, 1.54) is 6.92 Å². The highest BCUT2D eigenvalue weighted by Crippen LogP contribution is 2.04. The monoisotopic (exact) mass is 280 g/mol. The Balaban J connectivity index is 3.73. The largest absolute Gasteiger partial charge is 0.394 e. The summed E-state index contributed by atoms with van der Waals surface area (Å²) in [6, 6.07) is 0. The molecule has 8 nitrogen and oxygen atoms in total. The van der Waals surface area contributed by atoms with Crippen molar-refractivity contribution in [1.82, 2.24) is 10.6 Å². The van der Waals surface area contributed by atoms with E-state index in [0.29, 0.717) is 19.5 Å². The van der Waals surface area contributed by atoms with Crippen LogP contribution in [0.2, 0.25) is 0 Å². The predicted molar refractivity (Wildman–Crippen MR) is 67.3 cm³/mol. The van der Waals surface area contributed by atoms with E-state index in [2.05, 4.69) is 10.6 Å². The molecule has 0 saturated heterocycles. The Kier molecular flexibility index (Phi) is 9.66. The van der Waals surface area contributed by atoms with Gasteiger partial charge in [-0.1, -0.05) is 0 Å². The van der Waals surface area contributed by atoms with Gasteiger partial charge in [-0.2, -0.15) is 0 Å². The SMILES string of the molecule is CC(=O)NCCCNCC(O)C(O)C(O)C(O)CO. The van der Waals surface area contributed by atoms with Crippen LogP contribution in [-0.4, -0.2) is 82.1 Å². The fraction of sp³-hybridized carbons (Fsp3) is 0.909. The number of amides is 1. The summed E-state index contributed by atoms with van der Waals surface area (Å²) < 4.78 is 0. The minimum Gasteiger partial charge on any atom is -0.394 e. The van der Waals surface area contributed by atoms with Gasteiger partial charge in [0.1, 0.15) is 18.3 Å². The highest BCUT2D eigenvalue weighted by atomic mass is 16.4. The van der Waals surface area contributed by atoms with E-state index >= 15 is 0 Å². The number of nitrogens with one attached hydrogen (secondary N) is 2. The molecule has 4 unspecified atom stereocenters. The molecule has 0 fully saturated rings. The van der Waals surface area contributed by atoms with Crippen LogP contribution in [0.3, 0.4) is 0 Å². The molecule has 0 rings (SSSR count). The number of hydrogen-bond acceptors (Lipinski definition) is 7. The Morgan fingerprint density at radius 1 is 1.05 bits per heavy atom. The molecule has 114 valence electrons. The molecular formula is C11H24N2O6. The number of rotatable bonds is 10. The first-order valence-electron chi connectivity index (χ1n) is 6.18. The molecule has 0 aliphatic rings. The van der Waals surface area contributed by atoms with Crippen LogP contribution in [0.4, 0.5) is 0 Å². The Labute approximate surface area is 112 Å². The molecule has 0 aromatic carbocycles. The van der Waals surface area contributed by atoms with Crippen LogP contribution in [0.5, 0.6) is 0 Å². The van der Waals surface area contributed by atoms with Crippen molar-refractivity contribution in [3.63, 3.8) is 0 Å². The van der Waals surface area contributed by atoms with Crippen molar-refractivity contribution in [2.75, 3.05) is 26.2 Å². The summed E-state index contributed by atoms with van der Waals surface area (Å²) in [5.41, 5.74) is 0. The Hall–Kier alpha value is -0.770. The second kappa shape index (κ2) is 10.1. The fourth-order valence-corrected chi connectivity index (χ4v) is 1.41. The van der Waals surface area contributed by atoms with E-state index in [4.69, 9.17) is 10.2 Å². The van der Waals surface area contributed by atoms with Gasteiger partial charge in [-0.3, -0.25) is 4.79 Å². The summed E-state index contributed by atoms with van der Waals surface area (Å²) in [5, 5.41) is 51.5. The van der Waals surface area contributed by atoms with E-state index in [9.17, 15) is 20.1 Å². The first-order chi connectivity index (χ1) is 8.90. The standard InChI is InChI=1S/C11H24N2O6/c1-7(15)13-4-2-3-12-5-8(16)10(18)11(19)9(17)6-14/h8-12,14,16-19H,2-6H2,1H3,(H,13,15). The molecule has 0 aliphatic heterocycles. The molecule has 7 N–H and O–H groups in total. The number of aliphatic hydroxyl groups excluding tert-OH is 5. The lowest BCUT2D eigenvalue weighted by atomic mass is 10.0. The minimum absolute atomic E-state index is 0.0243. The maximum atomic E-state index is 10.6. The predicted octanol–water partition coefficient (Wildman–Crippen LogP) is -3.46. The minimum atomic E-state index is -1.61. The van der Waals surface area contributed by atoms with E-state index in [1.807, 2.05) is 0 Å². The lowest BCUT2D eigenvalue weighted by molar-refractivity contribution is -0.118. The fourth-order valence-electron chi connectivity index (χ4n) is 1.41. The third-order valence-electron chi connectivity index (χ3n) is 2.58. The third kappa shape index (κ3) is 8.09. The maximum absolute atomic E-state index is 10.6. The molecule has 0 saturated carbocycles. The summed E-state index contributed by atoms with van der Waals surface area (Å²) >= 11 is 0. The Morgan fingerprint density at radius 2 is 1.63 bits per heavy atom. The van der Waals surface area contributed by atoms with E-state index in [0.717, 1.165) is 0 Å². The first kappa shape index (κ1) is 18.2. The molecule has 1 amide bonds. The van der Waals surface area contributed by atoms with Crippen molar-refractivity contribution >= 4 is 5.91 Å². The molecule has 8 heteroatoms. The van der Waals surface area contributed by atoms with Gasteiger partial charge in [0, 0.05) is 20.0 Å².